The molecule has 1 aliphatic carbocycles. The summed E-state index contributed by atoms with van der Waals surface area (Å²) in [5.41, 5.74) is 3.26. The monoisotopic (exact) mass is 726 g/mol. The number of aliphatic carboxylic acids is 1. The van der Waals surface area contributed by atoms with E-state index in [9.17, 15) is 24.3 Å². The van der Waals surface area contributed by atoms with Gasteiger partial charge in [0, 0.05) is 50.6 Å². The lowest BCUT2D eigenvalue weighted by atomic mass is 9.81. The lowest BCUT2D eigenvalue weighted by Gasteiger charge is -2.36. The number of aromatic nitrogens is 2. The van der Waals surface area contributed by atoms with E-state index < -0.39 is 35.0 Å². The van der Waals surface area contributed by atoms with Gasteiger partial charge >= 0.3 is 5.97 Å². The number of carbonyl (C=O) groups is 2. The third-order valence-electron chi connectivity index (χ3n) is 9.72. The number of carboxylic acid groups (broad SMARTS) is 1. The molecule has 0 bridgehead atoms. The van der Waals surface area contributed by atoms with Crippen LogP contribution < -0.4 is 10.1 Å². The van der Waals surface area contributed by atoms with Crippen molar-refractivity contribution in [3.8, 4) is 11.8 Å². The van der Waals surface area contributed by atoms with Crippen molar-refractivity contribution in [1.29, 1.82) is 5.26 Å². The molecule has 3 aliphatic rings. The van der Waals surface area contributed by atoms with E-state index >= 15 is 0 Å². The molecule has 2 aromatic heterocycles. The molecular formula is C38H36ClFN6O6. The molecule has 4 aromatic rings. The number of carbonyl (C=O) groups excluding carboxylic acids is 1. The van der Waals surface area contributed by atoms with Crippen molar-refractivity contribution in [2.45, 2.75) is 43.1 Å². The number of morpholine rings is 1. The van der Waals surface area contributed by atoms with Crippen molar-refractivity contribution >= 4 is 40.2 Å². The minimum atomic E-state index is -1.55. The fourth-order valence-corrected chi connectivity index (χ4v) is 7.35. The molecule has 0 radical (unpaired) electrons. The molecule has 2 N–H and O–H groups in total. The second kappa shape index (κ2) is 14.5. The van der Waals surface area contributed by atoms with E-state index in [0.29, 0.717) is 55.2 Å². The zero-order valence-corrected chi connectivity index (χ0v) is 29.3. The average molecular weight is 727 g/mol. The summed E-state index contributed by atoms with van der Waals surface area (Å²) in [5.74, 6) is -1.20. The number of hydrogen-bond acceptors (Lipinski definition) is 10. The molecule has 268 valence electrons. The molecule has 4 heterocycles. The fourth-order valence-electron chi connectivity index (χ4n) is 6.94. The average Bonchev–Trinajstić information content (AvgIpc) is 3.57. The first-order valence-corrected chi connectivity index (χ1v) is 17.2. The number of amides is 1. The van der Waals surface area contributed by atoms with E-state index in [1.807, 2.05) is 42.2 Å². The smallest absolute Gasteiger partial charge is 0.323 e. The lowest BCUT2D eigenvalue weighted by molar-refractivity contribution is -0.150. The van der Waals surface area contributed by atoms with Crippen LogP contribution in [0.25, 0.3) is 16.7 Å². The minimum Gasteiger partial charge on any atom is -0.496 e. The summed E-state index contributed by atoms with van der Waals surface area (Å²) in [6.07, 6.45) is 5.99. The topological polar surface area (TPSA) is 154 Å². The number of aryl methyl sites for hydroxylation is 1. The number of nitriles is 1. The van der Waals surface area contributed by atoms with E-state index in [1.165, 1.54) is 19.4 Å². The van der Waals surface area contributed by atoms with Gasteiger partial charge in [-0.15, -0.1) is 11.6 Å². The maximum Gasteiger partial charge on any atom is 0.323 e. The van der Waals surface area contributed by atoms with Gasteiger partial charge in [0.25, 0.3) is 5.91 Å². The van der Waals surface area contributed by atoms with Crippen LogP contribution in [0.15, 0.2) is 71.3 Å². The Morgan fingerprint density at radius 3 is 2.77 bits per heavy atom. The van der Waals surface area contributed by atoms with E-state index in [2.05, 4.69) is 16.4 Å². The Balaban J connectivity index is 1.26. The molecule has 12 nitrogen and oxygen atoms in total. The summed E-state index contributed by atoms with van der Waals surface area (Å²) >= 11 is 7.40. The van der Waals surface area contributed by atoms with Gasteiger partial charge in [-0.2, -0.15) is 5.26 Å². The van der Waals surface area contributed by atoms with Gasteiger partial charge < -0.3 is 24.3 Å². The number of carboxylic acids is 1. The van der Waals surface area contributed by atoms with E-state index in [0.717, 1.165) is 16.7 Å². The van der Waals surface area contributed by atoms with Gasteiger partial charge in [-0.1, -0.05) is 36.4 Å². The van der Waals surface area contributed by atoms with Gasteiger partial charge in [0.2, 0.25) is 5.89 Å². The minimum absolute atomic E-state index is 0.0119. The third kappa shape index (κ3) is 6.66. The van der Waals surface area contributed by atoms with Gasteiger partial charge in [0.15, 0.2) is 11.1 Å². The van der Waals surface area contributed by atoms with Crippen LogP contribution in [0.2, 0.25) is 0 Å². The van der Waals surface area contributed by atoms with Crippen LogP contribution in [0.1, 0.15) is 44.2 Å². The quantitative estimate of drug-likeness (QED) is 0.218. The molecular weight excluding hydrogens is 691 g/mol. The summed E-state index contributed by atoms with van der Waals surface area (Å²) in [6, 6.07) is 14.1. The first kappa shape index (κ1) is 35.3. The Morgan fingerprint density at radius 1 is 1.23 bits per heavy atom. The number of nitrogens with one attached hydrogen (secondary N) is 1. The summed E-state index contributed by atoms with van der Waals surface area (Å²) in [4.78, 5) is 39.1. The van der Waals surface area contributed by atoms with E-state index in [1.54, 1.807) is 29.2 Å². The molecule has 2 unspecified atom stereocenters. The fraction of sp³-hybridized carbons (Fsp3) is 0.342. The number of fused-ring (bicyclic) bond motifs is 1. The first-order chi connectivity index (χ1) is 25.1. The number of ether oxygens (including phenoxy) is 2. The zero-order chi connectivity index (χ0) is 36.6. The number of hydrogen-bond donors (Lipinski definition) is 2. The lowest BCUT2D eigenvalue weighted by Crippen LogP contribution is -2.52. The van der Waals surface area contributed by atoms with Crippen molar-refractivity contribution in [2.24, 2.45) is 0 Å². The molecule has 7 rings (SSSR count). The number of rotatable bonds is 10. The standard InChI is InChI=1S/C38H36ClFN6O6/c1-22-6-3-4-7-27(22)28-8-5-9-38(34(28)39,37-43-29-13-23(17-45-19-26(40)20-45)12-24(15-41)33(29)52-37)44-35(47)30-14-32(50-2)25(16-42-30)18-46-10-11-51-21-31(46)36(48)49/h3-9,12-14,16,26,31,34H,10-11,17-21H2,1-2H3,(H,44,47)(H,48,49)/t31-,34?,38?/m0/s1. The maximum absolute atomic E-state index is 14.2. The molecule has 1 amide bonds. The van der Waals surface area contributed by atoms with Crippen molar-refractivity contribution in [2.75, 3.05) is 40.0 Å². The zero-order valence-electron chi connectivity index (χ0n) is 28.5. The number of alkyl halides is 2. The maximum atomic E-state index is 14.2. The van der Waals surface area contributed by atoms with Crippen LogP contribution in [0.5, 0.6) is 5.75 Å². The number of benzene rings is 2. The first-order valence-electron chi connectivity index (χ1n) is 16.8. The highest BCUT2D eigenvalue weighted by Gasteiger charge is 2.47. The number of pyridine rings is 1. The highest BCUT2D eigenvalue weighted by molar-refractivity contribution is 6.28. The number of methoxy groups -OCH3 is 1. The largest absolute Gasteiger partial charge is 0.496 e. The predicted octanol–water partition coefficient (Wildman–Crippen LogP) is 4.74. The molecule has 3 atom stereocenters. The SMILES string of the molecule is COc1cc(C(=O)NC2(c3nc4cc(CN5CC(F)C5)cc(C#N)c4o3)C=CC=C(c3ccccc3C)C2Cl)ncc1CN1CCOC[C@H]1C(=O)O. The highest BCUT2D eigenvalue weighted by atomic mass is 35.5. The molecule has 2 aromatic carbocycles. The van der Waals surface area contributed by atoms with Gasteiger partial charge in [-0.3, -0.25) is 24.4 Å². The number of oxazole rings is 1. The summed E-state index contributed by atoms with van der Waals surface area (Å²) in [5, 5.41) is 21.9. The molecule has 2 aliphatic heterocycles. The van der Waals surface area contributed by atoms with Crippen molar-refractivity contribution in [1.82, 2.24) is 25.1 Å². The normalized spacial score (nSPS) is 22.4. The van der Waals surface area contributed by atoms with Crippen LogP contribution in [0, 0.1) is 18.3 Å². The molecule has 2 saturated heterocycles. The Kier molecular flexibility index (Phi) is 9.82. The summed E-state index contributed by atoms with van der Waals surface area (Å²) in [6.45, 7) is 4.13. The van der Waals surface area contributed by atoms with Crippen molar-refractivity contribution in [3.05, 3.63) is 106 Å². The highest BCUT2D eigenvalue weighted by Crippen LogP contribution is 2.43. The molecule has 0 spiro atoms. The van der Waals surface area contributed by atoms with E-state index in [4.69, 9.17) is 30.5 Å². The summed E-state index contributed by atoms with van der Waals surface area (Å²) in [7, 11) is 1.46. The Bertz CT molecular complexity index is 2140. The van der Waals surface area contributed by atoms with Gasteiger partial charge in [0.05, 0.1) is 31.3 Å². The second-order valence-corrected chi connectivity index (χ2v) is 13.6. The van der Waals surface area contributed by atoms with Crippen molar-refractivity contribution < 1.29 is 33.0 Å². The van der Waals surface area contributed by atoms with Crippen LogP contribution in [0.4, 0.5) is 4.39 Å². The number of halogens is 2. The Morgan fingerprint density at radius 2 is 2.04 bits per heavy atom. The molecule has 0 saturated carbocycles. The van der Waals surface area contributed by atoms with E-state index in [-0.39, 0.29) is 35.9 Å². The predicted molar refractivity (Wildman–Crippen MR) is 189 cm³/mol. The summed E-state index contributed by atoms with van der Waals surface area (Å²) < 4.78 is 30.9. The Hall–Kier alpha value is -5.13. The Labute approximate surface area is 304 Å². The number of allylic oxidation sites excluding steroid dienone is 2. The number of nitrogens with zero attached hydrogens (tertiary/aromatic N) is 5. The third-order valence-corrected chi connectivity index (χ3v) is 10.3. The van der Waals surface area contributed by atoms with Gasteiger partial charge in [-0.25, -0.2) is 9.37 Å². The second-order valence-electron chi connectivity index (χ2n) is 13.2. The number of likely N-dealkylation sites (tertiary alicyclic amines) is 1. The van der Waals surface area contributed by atoms with Crippen LogP contribution in [-0.2, 0) is 28.2 Å². The van der Waals surface area contributed by atoms with Crippen molar-refractivity contribution in [3.63, 3.8) is 0 Å². The molecule has 14 heteroatoms. The van der Waals surface area contributed by atoms with Crippen LogP contribution >= 0.6 is 11.6 Å². The van der Waals surface area contributed by atoms with Gasteiger partial charge in [-0.05, 0) is 47.4 Å². The molecule has 2 fully saturated rings. The van der Waals surface area contributed by atoms with Crippen LogP contribution in [0.3, 0.4) is 0 Å². The molecule has 52 heavy (non-hydrogen) atoms. The van der Waals surface area contributed by atoms with Gasteiger partial charge in [0.1, 0.15) is 35.2 Å². The van der Waals surface area contributed by atoms with Crippen LogP contribution in [-0.4, -0.2) is 94.3 Å².